The molecule has 0 spiro atoms. The number of hydrogen-bond donors (Lipinski definition) is 2. The number of nitrogens with zero attached hydrogens (tertiary/aromatic N) is 1. The average molecular weight is 494 g/mol. The van der Waals surface area contributed by atoms with Crippen molar-refractivity contribution in [2.24, 2.45) is 0 Å². The van der Waals surface area contributed by atoms with Crippen molar-refractivity contribution < 1.29 is 18.3 Å². The van der Waals surface area contributed by atoms with Gasteiger partial charge in [-0.25, -0.2) is 8.78 Å². The molecule has 0 unspecified atom stereocenters. The van der Waals surface area contributed by atoms with Crippen LogP contribution < -0.4 is 11.1 Å². The number of ether oxygens (including phenoxy) is 1. The fourth-order valence-corrected chi connectivity index (χ4v) is 4.91. The van der Waals surface area contributed by atoms with Crippen molar-refractivity contribution in [1.82, 2.24) is 10.2 Å². The highest BCUT2D eigenvalue weighted by molar-refractivity contribution is 5.94. The molecule has 1 fully saturated rings. The normalized spacial score (nSPS) is 18.3. The molecular weight excluding hydrogens is 460 g/mol. The first kappa shape index (κ1) is 25.8. The summed E-state index contributed by atoms with van der Waals surface area (Å²) in [5, 5.41) is 3.11. The largest absolute Gasteiger partial charge is 0.399 e. The molecule has 1 heterocycles. The number of rotatable bonds is 9. The number of halogens is 2. The molecule has 4 rings (SSSR count). The van der Waals surface area contributed by atoms with Crippen LogP contribution in [0.2, 0.25) is 0 Å². The summed E-state index contributed by atoms with van der Waals surface area (Å²) in [5.74, 6) is -0.611. The molecule has 0 aliphatic carbocycles. The number of methoxy groups -OCH3 is 1. The Morgan fingerprint density at radius 2 is 1.58 bits per heavy atom. The molecule has 190 valence electrons. The molecule has 0 bridgehead atoms. The number of nitrogens with one attached hydrogen (secondary N) is 1. The Bertz CT molecular complexity index is 1080. The molecule has 1 aliphatic rings. The summed E-state index contributed by atoms with van der Waals surface area (Å²) in [6, 6.07) is 19.9. The van der Waals surface area contributed by atoms with Gasteiger partial charge in [0.25, 0.3) is 5.91 Å². The first-order valence-corrected chi connectivity index (χ1v) is 12.4. The van der Waals surface area contributed by atoms with E-state index in [4.69, 9.17) is 10.5 Å². The molecule has 1 aliphatic heterocycles. The topological polar surface area (TPSA) is 67.6 Å². The van der Waals surface area contributed by atoms with Crippen LogP contribution in [-0.4, -0.2) is 49.7 Å². The molecule has 3 aromatic rings. The van der Waals surface area contributed by atoms with Crippen LogP contribution in [0.3, 0.4) is 0 Å². The summed E-state index contributed by atoms with van der Waals surface area (Å²) in [6.45, 7) is 2.45. The van der Waals surface area contributed by atoms with Gasteiger partial charge in [-0.1, -0.05) is 24.3 Å². The Labute approximate surface area is 211 Å². The molecule has 0 saturated carbocycles. The Kier molecular flexibility index (Phi) is 8.67. The molecule has 5 nitrogen and oxygen atoms in total. The molecule has 1 saturated heterocycles. The van der Waals surface area contributed by atoms with Gasteiger partial charge in [-0.3, -0.25) is 4.79 Å². The Morgan fingerprint density at radius 3 is 2.14 bits per heavy atom. The molecule has 3 aromatic carbocycles. The summed E-state index contributed by atoms with van der Waals surface area (Å²) in [7, 11) is 1.68. The summed E-state index contributed by atoms with van der Waals surface area (Å²) >= 11 is 0. The number of likely N-dealkylation sites (tertiary alicyclic amines) is 1. The maximum absolute atomic E-state index is 13.5. The van der Waals surface area contributed by atoms with Crippen LogP contribution in [0.15, 0.2) is 72.8 Å². The smallest absolute Gasteiger partial charge is 0.251 e. The second kappa shape index (κ2) is 12.1. The van der Waals surface area contributed by atoms with Crippen LogP contribution in [0.25, 0.3) is 0 Å². The van der Waals surface area contributed by atoms with Gasteiger partial charge in [-0.05, 0) is 85.5 Å². The third kappa shape index (κ3) is 6.68. The monoisotopic (exact) mass is 493 g/mol. The molecule has 3 N–H and O–H groups in total. The van der Waals surface area contributed by atoms with Crippen molar-refractivity contribution in [1.29, 1.82) is 0 Å². The SMILES string of the molecule is CO[C@@H]1CN(CCCC(c2ccc(F)cc2)c2ccc(F)cc2)CC[C@@H]1NC(=O)c1ccc(N)cc1. The minimum absolute atomic E-state index is 0.0566. The number of amides is 1. The third-order valence-corrected chi connectivity index (χ3v) is 6.95. The first-order chi connectivity index (χ1) is 17.4. The van der Waals surface area contributed by atoms with E-state index in [9.17, 15) is 13.6 Å². The van der Waals surface area contributed by atoms with Crippen LogP contribution >= 0.6 is 0 Å². The van der Waals surface area contributed by atoms with E-state index in [0.717, 1.165) is 50.0 Å². The van der Waals surface area contributed by atoms with Gasteiger partial charge in [-0.15, -0.1) is 0 Å². The maximum Gasteiger partial charge on any atom is 0.251 e. The quantitative estimate of drug-likeness (QED) is 0.413. The van der Waals surface area contributed by atoms with Crippen LogP contribution in [0.4, 0.5) is 14.5 Å². The molecule has 0 aromatic heterocycles. The van der Waals surface area contributed by atoms with Crippen molar-refractivity contribution in [2.75, 3.05) is 32.5 Å². The van der Waals surface area contributed by atoms with Gasteiger partial charge in [0.15, 0.2) is 0 Å². The van der Waals surface area contributed by atoms with E-state index in [1.54, 1.807) is 55.6 Å². The molecule has 7 heteroatoms. The zero-order valence-corrected chi connectivity index (χ0v) is 20.5. The minimum atomic E-state index is -0.270. The van der Waals surface area contributed by atoms with E-state index in [1.807, 2.05) is 0 Å². The number of carbonyl (C=O) groups is 1. The second-order valence-corrected chi connectivity index (χ2v) is 9.36. The van der Waals surface area contributed by atoms with Gasteiger partial charge >= 0.3 is 0 Å². The highest BCUT2D eigenvalue weighted by Crippen LogP contribution is 2.30. The lowest BCUT2D eigenvalue weighted by Gasteiger charge is -2.38. The van der Waals surface area contributed by atoms with Crippen molar-refractivity contribution >= 4 is 11.6 Å². The molecule has 36 heavy (non-hydrogen) atoms. The van der Waals surface area contributed by atoms with Gasteiger partial charge in [0.2, 0.25) is 0 Å². The van der Waals surface area contributed by atoms with E-state index in [-0.39, 0.29) is 35.6 Å². The fraction of sp³-hybridized carbons (Fsp3) is 0.345. The summed E-state index contributed by atoms with van der Waals surface area (Å²) in [5.41, 5.74) is 8.95. The van der Waals surface area contributed by atoms with Gasteiger partial charge < -0.3 is 20.7 Å². The van der Waals surface area contributed by atoms with Crippen LogP contribution in [0.1, 0.15) is 46.7 Å². The second-order valence-electron chi connectivity index (χ2n) is 9.36. The maximum atomic E-state index is 13.5. The Morgan fingerprint density at radius 1 is 1.00 bits per heavy atom. The molecule has 0 radical (unpaired) electrons. The highest BCUT2D eigenvalue weighted by Gasteiger charge is 2.30. The summed E-state index contributed by atoms with van der Waals surface area (Å²) in [4.78, 5) is 15.0. The average Bonchev–Trinajstić information content (AvgIpc) is 2.89. The number of piperidine rings is 1. The lowest BCUT2D eigenvalue weighted by Crippen LogP contribution is -2.54. The Hall–Kier alpha value is -3.29. The van der Waals surface area contributed by atoms with E-state index < -0.39 is 0 Å². The summed E-state index contributed by atoms with van der Waals surface area (Å²) < 4.78 is 32.7. The van der Waals surface area contributed by atoms with Crippen molar-refractivity contribution in [3.8, 4) is 0 Å². The number of anilines is 1. The van der Waals surface area contributed by atoms with Gasteiger partial charge in [0.1, 0.15) is 11.6 Å². The van der Waals surface area contributed by atoms with E-state index in [0.29, 0.717) is 11.3 Å². The summed E-state index contributed by atoms with van der Waals surface area (Å²) in [6.07, 6.45) is 2.45. The number of hydrogen-bond acceptors (Lipinski definition) is 4. The van der Waals surface area contributed by atoms with Gasteiger partial charge in [0, 0.05) is 37.4 Å². The first-order valence-electron chi connectivity index (χ1n) is 12.4. The molecular formula is C29H33F2N3O2. The fourth-order valence-electron chi connectivity index (χ4n) is 4.91. The standard InChI is InChI=1S/C29H33F2N3O2/c1-36-28-19-34(18-16-27(28)33-29(35)22-8-14-25(32)15-9-22)17-2-3-26(20-4-10-23(30)11-5-20)21-6-12-24(31)13-7-21/h4-15,26-28H,2-3,16-19,32H2,1H3,(H,33,35)/t27-,28+/m0/s1. The molecule has 1 amide bonds. The van der Waals surface area contributed by atoms with Crippen molar-refractivity contribution in [2.45, 2.75) is 37.3 Å². The number of carbonyl (C=O) groups excluding carboxylic acids is 1. The number of benzene rings is 3. The number of nitrogens with two attached hydrogens (primary N) is 1. The Balaban J connectivity index is 1.33. The lowest BCUT2D eigenvalue weighted by atomic mass is 9.87. The van der Waals surface area contributed by atoms with E-state index >= 15 is 0 Å². The van der Waals surface area contributed by atoms with Crippen LogP contribution in [-0.2, 0) is 4.74 Å². The van der Waals surface area contributed by atoms with Crippen molar-refractivity contribution in [3.05, 3.63) is 101 Å². The third-order valence-electron chi connectivity index (χ3n) is 6.95. The van der Waals surface area contributed by atoms with E-state index in [1.165, 1.54) is 24.3 Å². The predicted octanol–water partition coefficient (Wildman–Crippen LogP) is 4.98. The van der Waals surface area contributed by atoms with Gasteiger partial charge in [-0.2, -0.15) is 0 Å². The minimum Gasteiger partial charge on any atom is -0.399 e. The van der Waals surface area contributed by atoms with Crippen molar-refractivity contribution in [3.63, 3.8) is 0 Å². The zero-order chi connectivity index (χ0) is 25.5. The zero-order valence-electron chi connectivity index (χ0n) is 20.5. The lowest BCUT2D eigenvalue weighted by molar-refractivity contribution is 0.00597. The molecule has 2 atom stereocenters. The highest BCUT2D eigenvalue weighted by atomic mass is 19.1. The van der Waals surface area contributed by atoms with Crippen LogP contribution in [0.5, 0.6) is 0 Å². The number of nitrogen functional groups attached to an aromatic ring is 1. The predicted molar refractivity (Wildman–Crippen MR) is 138 cm³/mol. The van der Waals surface area contributed by atoms with Gasteiger partial charge in [0.05, 0.1) is 12.1 Å². The van der Waals surface area contributed by atoms with Crippen LogP contribution in [0, 0.1) is 11.6 Å². The van der Waals surface area contributed by atoms with E-state index in [2.05, 4.69) is 10.2 Å².